The molecule has 0 bridgehead atoms. The Morgan fingerprint density at radius 2 is 2.33 bits per heavy atom. The van der Waals surface area contributed by atoms with E-state index >= 15 is 0 Å². The van der Waals surface area contributed by atoms with E-state index in [1.807, 2.05) is 6.07 Å². The molecule has 2 rings (SSSR count). The SMILES string of the molecule is Nc1cccnc1SCc1nnc(Cl)s1. The van der Waals surface area contributed by atoms with Crippen LogP contribution in [0.1, 0.15) is 5.01 Å². The summed E-state index contributed by atoms with van der Waals surface area (Å²) in [6.45, 7) is 0. The standard InChI is InChI=1S/C8H7ClN4S2/c9-8-13-12-6(15-8)4-14-7-5(10)2-1-3-11-7/h1-3H,4,10H2. The molecular formula is C8H7ClN4S2. The minimum absolute atomic E-state index is 0.458. The van der Waals surface area contributed by atoms with Gasteiger partial charge in [0.15, 0.2) is 0 Å². The van der Waals surface area contributed by atoms with Crippen LogP contribution >= 0.6 is 34.7 Å². The third-order valence-corrected chi connectivity index (χ3v) is 3.81. The number of nitrogens with zero attached hydrogens (tertiary/aromatic N) is 3. The molecule has 15 heavy (non-hydrogen) atoms. The molecule has 78 valence electrons. The lowest BCUT2D eigenvalue weighted by Crippen LogP contribution is -1.91. The molecule has 7 heteroatoms. The normalized spacial score (nSPS) is 10.5. The summed E-state index contributed by atoms with van der Waals surface area (Å²) in [6.07, 6.45) is 1.71. The first kappa shape index (κ1) is 10.7. The van der Waals surface area contributed by atoms with Gasteiger partial charge in [0.05, 0.1) is 11.4 Å². The van der Waals surface area contributed by atoms with Gasteiger partial charge in [-0.25, -0.2) is 4.98 Å². The largest absolute Gasteiger partial charge is 0.397 e. The molecule has 0 aliphatic carbocycles. The number of nitrogen functional groups attached to an aromatic ring is 1. The number of hydrogen-bond donors (Lipinski definition) is 1. The molecule has 0 spiro atoms. The molecular weight excluding hydrogens is 252 g/mol. The highest BCUT2D eigenvalue weighted by molar-refractivity contribution is 7.98. The summed E-state index contributed by atoms with van der Waals surface area (Å²) in [5, 5.41) is 9.31. The number of thioether (sulfide) groups is 1. The third-order valence-electron chi connectivity index (χ3n) is 1.58. The first-order valence-corrected chi connectivity index (χ1v) is 6.25. The van der Waals surface area contributed by atoms with Crippen molar-refractivity contribution in [3.63, 3.8) is 0 Å². The van der Waals surface area contributed by atoms with E-state index in [0.717, 1.165) is 10.0 Å². The Morgan fingerprint density at radius 1 is 1.47 bits per heavy atom. The van der Waals surface area contributed by atoms with Crippen molar-refractivity contribution in [1.82, 2.24) is 15.2 Å². The van der Waals surface area contributed by atoms with Crippen molar-refractivity contribution < 1.29 is 0 Å². The molecule has 0 unspecified atom stereocenters. The molecule has 0 aromatic carbocycles. The predicted octanol–water partition coefficient (Wildman–Crippen LogP) is 2.46. The molecule has 4 nitrogen and oxygen atoms in total. The highest BCUT2D eigenvalue weighted by atomic mass is 35.5. The van der Waals surface area contributed by atoms with Crippen LogP contribution in [0.2, 0.25) is 4.47 Å². The Kier molecular flexibility index (Phi) is 3.40. The number of halogens is 1. The van der Waals surface area contributed by atoms with Gasteiger partial charge in [-0.15, -0.1) is 10.2 Å². The van der Waals surface area contributed by atoms with Crippen molar-refractivity contribution in [3.05, 3.63) is 27.8 Å². The van der Waals surface area contributed by atoms with Gasteiger partial charge in [0.25, 0.3) is 0 Å². The van der Waals surface area contributed by atoms with Gasteiger partial charge in [-0.3, -0.25) is 0 Å². The first-order valence-electron chi connectivity index (χ1n) is 4.07. The number of hydrogen-bond acceptors (Lipinski definition) is 6. The van der Waals surface area contributed by atoms with E-state index in [1.165, 1.54) is 23.1 Å². The summed E-state index contributed by atoms with van der Waals surface area (Å²) in [5.41, 5.74) is 6.43. The Bertz CT molecular complexity index is 459. The summed E-state index contributed by atoms with van der Waals surface area (Å²) in [4.78, 5) is 4.16. The fourth-order valence-corrected chi connectivity index (χ4v) is 2.71. The van der Waals surface area contributed by atoms with Gasteiger partial charge in [0.1, 0.15) is 10.0 Å². The monoisotopic (exact) mass is 258 g/mol. The molecule has 2 heterocycles. The molecule has 2 aromatic rings. The fraction of sp³-hybridized carbons (Fsp3) is 0.125. The maximum Gasteiger partial charge on any atom is 0.207 e. The average Bonchev–Trinajstić information content (AvgIpc) is 2.63. The van der Waals surface area contributed by atoms with Gasteiger partial charge in [-0.1, -0.05) is 23.1 Å². The van der Waals surface area contributed by atoms with Gasteiger partial charge in [-0.05, 0) is 23.7 Å². The van der Waals surface area contributed by atoms with Crippen LogP contribution in [0, 0.1) is 0 Å². The van der Waals surface area contributed by atoms with Crippen LogP contribution in [0.4, 0.5) is 5.69 Å². The second-order valence-corrected chi connectivity index (χ2v) is 5.24. The fourth-order valence-electron chi connectivity index (χ4n) is 0.945. The number of pyridine rings is 1. The van der Waals surface area contributed by atoms with Crippen LogP contribution in [-0.4, -0.2) is 15.2 Å². The average molecular weight is 259 g/mol. The number of aromatic nitrogens is 3. The van der Waals surface area contributed by atoms with Crippen molar-refractivity contribution in [2.75, 3.05) is 5.73 Å². The zero-order valence-corrected chi connectivity index (χ0v) is 9.94. The summed E-state index contributed by atoms with van der Waals surface area (Å²) < 4.78 is 0.458. The van der Waals surface area contributed by atoms with Gasteiger partial charge in [0.2, 0.25) is 4.47 Å². The van der Waals surface area contributed by atoms with Crippen molar-refractivity contribution in [1.29, 1.82) is 0 Å². The second kappa shape index (κ2) is 4.78. The third kappa shape index (κ3) is 2.80. The minimum Gasteiger partial charge on any atom is -0.397 e. The Balaban J connectivity index is 2.02. The number of nitrogens with two attached hydrogens (primary N) is 1. The molecule has 0 aliphatic rings. The topological polar surface area (TPSA) is 64.7 Å². The molecule has 0 aliphatic heterocycles. The van der Waals surface area contributed by atoms with Gasteiger partial charge in [-0.2, -0.15) is 0 Å². The van der Waals surface area contributed by atoms with Gasteiger partial charge >= 0.3 is 0 Å². The lowest BCUT2D eigenvalue weighted by atomic mass is 10.4. The lowest BCUT2D eigenvalue weighted by Gasteiger charge is -2.00. The molecule has 0 radical (unpaired) electrons. The molecule has 0 saturated heterocycles. The van der Waals surface area contributed by atoms with Crippen LogP contribution in [0.3, 0.4) is 0 Å². The van der Waals surface area contributed by atoms with E-state index < -0.39 is 0 Å². The van der Waals surface area contributed by atoms with E-state index in [0.29, 0.717) is 15.9 Å². The maximum absolute atomic E-state index is 5.75. The Labute approximate surface area is 99.9 Å². The zero-order chi connectivity index (χ0) is 10.7. The molecule has 0 saturated carbocycles. The maximum atomic E-state index is 5.75. The molecule has 2 aromatic heterocycles. The predicted molar refractivity (Wildman–Crippen MR) is 63.1 cm³/mol. The van der Waals surface area contributed by atoms with Crippen molar-refractivity contribution in [3.8, 4) is 0 Å². The highest BCUT2D eigenvalue weighted by Gasteiger charge is 2.05. The van der Waals surface area contributed by atoms with Crippen LogP contribution in [-0.2, 0) is 5.75 Å². The van der Waals surface area contributed by atoms with Gasteiger partial charge in [0, 0.05) is 6.20 Å². The van der Waals surface area contributed by atoms with Crippen LogP contribution < -0.4 is 5.73 Å². The summed E-state index contributed by atoms with van der Waals surface area (Å²) >= 11 is 8.56. The number of anilines is 1. The number of rotatable bonds is 3. The van der Waals surface area contributed by atoms with Crippen molar-refractivity contribution in [2.45, 2.75) is 10.8 Å². The Morgan fingerprint density at radius 3 is 3.00 bits per heavy atom. The second-order valence-electron chi connectivity index (χ2n) is 2.64. The minimum atomic E-state index is 0.458. The Hall–Kier alpha value is -0.850. The van der Waals surface area contributed by atoms with E-state index in [1.54, 1.807) is 12.3 Å². The molecule has 0 fully saturated rings. The van der Waals surface area contributed by atoms with Gasteiger partial charge < -0.3 is 5.73 Å². The highest BCUT2D eigenvalue weighted by Crippen LogP contribution is 2.27. The van der Waals surface area contributed by atoms with Crippen molar-refractivity contribution in [2.24, 2.45) is 0 Å². The summed E-state index contributed by atoms with van der Waals surface area (Å²) in [5.74, 6) is 0.686. The van der Waals surface area contributed by atoms with Crippen LogP contribution in [0.25, 0.3) is 0 Å². The van der Waals surface area contributed by atoms with E-state index in [2.05, 4.69) is 15.2 Å². The van der Waals surface area contributed by atoms with E-state index in [4.69, 9.17) is 17.3 Å². The zero-order valence-electron chi connectivity index (χ0n) is 7.55. The molecule has 2 N–H and O–H groups in total. The van der Waals surface area contributed by atoms with E-state index in [9.17, 15) is 0 Å². The first-order chi connectivity index (χ1) is 7.25. The summed E-state index contributed by atoms with van der Waals surface area (Å²) in [7, 11) is 0. The van der Waals surface area contributed by atoms with Crippen molar-refractivity contribution >= 4 is 40.4 Å². The molecule has 0 atom stereocenters. The lowest BCUT2D eigenvalue weighted by molar-refractivity contribution is 1.04. The van der Waals surface area contributed by atoms with E-state index in [-0.39, 0.29) is 0 Å². The quantitative estimate of drug-likeness (QED) is 0.857. The smallest absolute Gasteiger partial charge is 0.207 e. The van der Waals surface area contributed by atoms with Crippen LogP contribution in [0.5, 0.6) is 0 Å². The van der Waals surface area contributed by atoms with Crippen LogP contribution in [0.15, 0.2) is 23.4 Å². The summed E-state index contributed by atoms with van der Waals surface area (Å²) in [6, 6.07) is 3.63. The molecule has 0 amide bonds.